The molecule has 2 heterocycles. The van der Waals surface area contributed by atoms with Crippen molar-refractivity contribution in [3.05, 3.63) is 63.7 Å². The van der Waals surface area contributed by atoms with Crippen LogP contribution in [0.4, 0.5) is 11.4 Å². The molecule has 0 aliphatic carbocycles. The van der Waals surface area contributed by atoms with Gasteiger partial charge in [-0.25, -0.2) is 4.79 Å². The van der Waals surface area contributed by atoms with E-state index < -0.39 is 17.5 Å². The molecule has 9 heteroatoms. The summed E-state index contributed by atoms with van der Waals surface area (Å²) < 4.78 is 15.4. The summed E-state index contributed by atoms with van der Waals surface area (Å²) >= 11 is 0. The van der Waals surface area contributed by atoms with E-state index in [1.54, 1.807) is 4.90 Å². The second-order valence-corrected chi connectivity index (χ2v) is 6.91. The topological polar surface area (TPSA) is 108 Å². The predicted molar refractivity (Wildman–Crippen MR) is 106 cm³/mol. The molecule has 2 aromatic carbocycles. The van der Waals surface area contributed by atoms with E-state index in [4.69, 9.17) is 14.2 Å². The molecule has 0 radical (unpaired) electrons. The van der Waals surface area contributed by atoms with Gasteiger partial charge in [0.15, 0.2) is 18.1 Å². The van der Waals surface area contributed by atoms with E-state index in [0.717, 1.165) is 23.7 Å². The summed E-state index contributed by atoms with van der Waals surface area (Å²) in [6, 6.07) is 10.2. The fourth-order valence-corrected chi connectivity index (χ4v) is 3.59. The Morgan fingerprint density at radius 1 is 1.27 bits per heavy atom. The fourth-order valence-electron chi connectivity index (χ4n) is 3.59. The summed E-state index contributed by atoms with van der Waals surface area (Å²) in [4.78, 5) is 37.0. The van der Waals surface area contributed by atoms with Crippen LogP contribution in [-0.2, 0) is 20.7 Å². The Labute approximate surface area is 171 Å². The van der Waals surface area contributed by atoms with Gasteiger partial charge < -0.3 is 19.1 Å². The summed E-state index contributed by atoms with van der Waals surface area (Å²) in [6.45, 7) is 1.48. The number of ether oxygens (including phenoxy) is 3. The predicted octanol–water partition coefficient (Wildman–Crippen LogP) is 2.86. The van der Waals surface area contributed by atoms with E-state index >= 15 is 0 Å². The zero-order valence-corrected chi connectivity index (χ0v) is 16.1. The van der Waals surface area contributed by atoms with Crippen LogP contribution in [0.5, 0.6) is 11.5 Å². The number of nitro benzene ring substituents is 1. The smallest absolute Gasteiger partial charge is 0.331 e. The van der Waals surface area contributed by atoms with Crippen molar-refractivity contribution in [3.8, 4) is 11.5 Å². The molecule has 1 amide bonds. The highest BCUT2D eigenvalue weighted by Crippen LogP contribution is 2.38. The molecular weight excluding hydrogens is 392 g/mol. The van der Waals surface area contributed by atoms with Crippen LogP contribution in [0.1, 0.15) is 18.1 Å². The van der Waals surface area contributed by atoms with Crippen molar-refractivity contribution in [1.29, 1.82) is 0 Å². The van der Waals surface area contributed by atoms with Crippen LogP contribution in [0, 0.1) is 10.1 Å². The van der Waals surface area contributed by atoms with Gasteiger partial charge in [-0.3, -0.25) is 14.9 Å². The molecule has 0 unspecified atom stereocenters. The monoisotopic (exact) mass is 410 g/mol. The van der Waals surface area contributed by atoms with Crippen LogP contribution in [0.15, 0.2) is 42.5 Å². The average molecular weight is 410 g/mol. The maximum Gasteiger partial charge on any atom is 0.331 e. The molecule has 2 aliphatic heterocycles. The van der Waals surface area contributed by atoms with Crippen LogP contribution in [-0.4, -0.2) is 36.2 Å². The quantitative estimate of drug-likeness (QED) is 0.323. The molecule has 154 valence electrons. The molecule has 0 bridgehead atoms. The van der Waals surface area contributed by atoms with Crippen molar-refractivity contribution < 1.29 is 28.7 Å². The van der Waals surface area contributed by atoms with Crippen LogP contribution >= 0.6 is 0 Å². The molecule has 0 N–H and O–H groups in total. The van der Waals surface area contributed by atoms with Crippen molar-refractivity contribution in [2.45, 2.75) is 19.4 Å². The Morgan fingerprint density at radius 3 is 2.77 bits per heavy atom. The van der Waals surface area contributed by atoms with Crippen molar-refractivity contribution in [2.24, 2.45) is 0 Å². The third-order valence-corrected chi connectivity index (χ3v) is 4.93. The number of esters is 1. The van der Waals surface area contributed by atoms with Gasteiger partial charge in [-0.1, -0.05) is 18.2 Å². The lowest BCUT2D eigenvalue weighted by Gasteiger charge is -2.22. The average Bonchev–Trinajstić information content (AvgIpc) is 3.32. The maximum absolute atomic E-state index is 12.6. The van der Waals surface area contributed by atoms with E-state index in [0.29, 0.717) is 5.75 Å². The normalized spacial score (nSPS) is 16.6. The van der Waals surface area contributed by atoms with Crippen molar-refractivity contribution in [3.63, 3.8) is 0 Å². The minimum absolute atomic E-state index is 0.0259. The molecule has 0 fully saturated rings. The molecule has 0 spiro atoms. The Hall–Kier alpha value is -3.88. The first-order valence-electron chi connectivity index (χ1n) is 9.27. The highest BCUT2D eigenvalue weighted by atomic mass is 16.7. The van der Waals surface area contributed by atoms with Gasteiger partial charge in [0.25, 0.3) is 11.6 Å². The third kappa shape index (κ3) is 3.69. The van der Waals surface area contributed by atoms with Crippen molar-refractivity contribution >= 4 is 29.3 Å². The first-order valence-corrected chi connectivity index (χ1v) is 9.27. The molecule has 0 saturated heterocycles. The largest absolute Gasteiger partial charge is 0.454 e. The number of para-hydroxylation sites is 1. The highest BCUT2D eigenvalue weighted by Gasteiger charge is 2.30. The lowest BCUT2D eigenvalue weighted by Crippen LogP contribution is -2.38. The molecule has 30 heavy (non-hydrogen) atoms. The summed E-state index contributed by atoms with van der Waals surface area (Å²) in [5.74, 6) is -0.490. The van der Waals surface area contributed by atoms with Crippen molar-refractivity contribution in [2.75, 3.05) is 18.3 Å². The lowest BCUT2D eigenvalue weighted by atomic mass is 10.1. The van der Waals surface area contributed by atoms with Crippen LogP contribution in [0.3, 0.4) is 0 Å². The van der Waals surface area contributed by atoms with Crippen LogP contribution in [0.2, 0.25) is 0 Å². The van der Waals surface area contributed by atoms with Gasteiger partial charge in [0.1, 0.15) is 0 Å². The van der Waals surface area contributed by atoms with E-state index in [2.05, 4.69) is 0 Å². The number of carbonyl (C=O) groups excluding carboxylic acids is 2. The van der Waals surface area contributed by atoms with E-state index in [1.807, 2.05) is 31.2 Å². The minimum Gasteiger partial charge on any atom is -0.454 e. The molecule has 4 rings (SSSR count). The summed E-state index contributed by atoms with van der Waals surface area (Å²) in [5, 5.41) is 11.3. The van der Waals surface area contributed by atoms with Gasteiger partial charge in [-0.15, -0.1) is 0 Å². The highest BCUT2D eigenvalue weighted by molar-refractivity contribution is 5.98. The number of carbonyl (C=O) groups is 2. The number of fused-ring (bicyclic) bond motifs is 2. The van der Waals surface area contributed by atoms with E-state index in [9.17, 15) is 19.7 Å². The van der Waals surface area contributed by atoms with Gasteiger partial charge >= 0.3 is 5.97 Å². The van der Waals surface area contributed by atoms with E-state index in [1.165, 1.54) is 18.2 Å². The van der Waals surface area contributed by atoms with Gasteiger partial charge in [0.2, 0.25) is 6.79 Å². The number of nitrogens with zero attached hydrogens (tertiary/aromatic N) is 2. The number of rotatable bonds is 5. The van der Waals surface area contributed by atoms with Gasteiger partial charge in [-0.2, -0.15) is 0 Å². The van der Waals surface area contributed by atoms with Gasteiger partial charge in [-0.05, 0) is 37.1 Å². The van der Waals surface area contributed by atoms with E-state index in [-0.39, 0.29) is 35.7 Å². The number of hydrogen-bond donors (Lipinski definition) is 0. The third-order valence-electron chi connectivity index (χ3n) is 4.93. The summed E-state index contributed by atoms with van der Waals surface area (Å²) in [5.41, 5.74) is 1.81. The fraction of sp³-hybridized carbons (Fsp3) is 0.238. The standard InChI is InChI=1S/C21H18N2O7/c1-13-8-14-4-2-3-5-16(14)22(13)20(24)11-28-21(25)7-6-15-9-18-19(30-12-29-18)10-17(15)23(26)27/h2-7,9-10,13H,8,11-12H2,1H3/b7-6+/t13-/m0/s1. The Balaban J connectivity index is 1.42. The SMILES string of the molecule is C[C@H]1Cc2ccccc2N1C(=O)COC(=O)/C=C/c1cc2c(cc1[N+](=O)[O-])OCO2. The van der Waals surface area contributed by atoms with Gasteiger partial charge in [0, 0.05) is 17.8 Å². The molecule has 2 aromatic rings. The second-order valence-electron chi connectivity index (χ2n) is 6.91. The number of amides is 1. The van der Waals surface area contributed by atoms with Crippen LogP contribution in [0.25, 0.3) is 6.08 Å². The number of nitro groups is 1. The molecule has 1 atom stereocenters. The first-order chi connectivity index (χ1) is 14.4. The van der Waals surface area contributed by atoms with Crippen LogP contribution < -0.4 is 14.4 Å². The number of benzene rings is 2. The van der Waals surface area contributed by atoms with Crippen molar-refractivity contribution in [1.82, 2.24) is 0 Å². The molecular formula is C21H18N2O7. The zero-order chi connectivity index (χ0) is 21.3. The van der Waals surface area contributed by atoms with Gasteiger partial charge in [0.05, 0.1) is 16.6 Å². The zero-order valence-electron chi connectivity index (χ0n) is 16.1. The maximum atomic E-state index is 12.6. The Kier molecular flexibility index (Phi) is 5.09. The molecule has 0 aromatic heterocycles. The number of hydrogen-bond acceptors (Lipinski definition) is 7. The Morgan fingerprint density at radius 2 is 2.00 bits per heavy atom. The lowest BCUT2D eigenvalue weighted by molar-refractivity contribution is -0.385. The molecule has 2 aliphatic rings. The summed E-state index contributed by atoms with van der Waals surface area (Å²) in [7, 11) is 0. The molecule has 0 saturated carbocycles. The number of anilines is 1. The second kappa shape index (κ2) is 7.86. The summed E-state index contributed by atoms with van der Waals surface area (Å²) in [6.07, 6.45) is 3.03. The molecule has 9 nitrogen and oxygen atoms in total. The first kappa shape index (κ1) is 19.4. The minimum atomic E-state index is -0.782. The Bertz CT molecular complexity index is 1060.